The molecule has 0 saturated heterocycles. The number of amides is 3. The minimum Gasteiger partial charge on any atom is -0.476 e. The minimum absolute atomic E-state index is 0.0130. The summed E-state index contributed by atoms with van der Waals surface area (Å²) >= 11 is 0. The van der Waals surface area contributed by atoms with Gasteiger partial charge in [-0.25, -0.2) is 9.79 Å². The molecule has 0 aromatic rings. The van der Waals surface area contributed by atoms with Crippen molar-refractivity contribution in [3.63, 3.8) is 0 Å². The van der Waals surface area contributed by atoms with E-state index < -0.39 is 47.1 Å². The normalized spacial score (nSPS) is 31.3. The van der Waals surface area contributed by atoms with E-state index in [1.54, 1.807) is 48.8 Å². The summed E-state index contributed by atoms with van der Waals surface area (Å²) in [5, 5.41) is 5.72. The van der Waals surface area contributed by atoms with Crippen LogP contribution in [0.2, 0.25) is 0 Å². The van der Waals surface area contributed by atoms with E-state index in [2.05, 4.69) is 29.5 Å². The molecule has 0 radical (unpaired) electrons. The predicted octanol–water partition coefficient (Wildman–Crippen LogP) is 3.24. The van der Waals surface area contributed by atoms with E-state index in [9.17, 15) is 19.2 Å². The highest BCUT2D eigenvalue weighted by Crippen LogP contribution is 2.32. The second-order valence-corrected chi connectivity index (χ2v) is 12.9. The zero-order valence-corrected chi connectivity index (χ0v) is 27.5. The number of carbonyl (C=O) groups excluding carboxylic acids is 4. The molecule has 0 spiro atoms. The molecule has 8 atom stereocenters. The Balaban J connectivity index is 2.50. The molecular formula is C31H54N4O7. The van der Waals surface area contributed by atoms with Gasteiger partial charge in [0.2, 0.25) is 17.7 Å². The molecule has 2 rings (SSSR count). The molecule has 0 aromatic heterocycles. The highest BCUT2D eigenvalue weighted by molar-refractivity contribution is 5.98. The van der Waals surface area contributed by atoms with Gasteiger partial charge in [-0.2, -0.15) is 0 Å². The number of cyclic esters (lactones) is 1. The fourth-order valence-corrected chi connectivity index (χ4v) is 5.68. The molecule has 0 unspecified atom stereocenters. The van der Waals surface area contributed by atoms with Crippen LogP contribution < -0.4 is 10.6 Å². The number of rotatable bonds is 9. The Kier molecular flexibility index (Phi) is 12.4. The first-order chi connectivity index (χ1) is 19.5. The van der Waals surface area contributed by atoms with Gasteiger partial charge in [0, 0.05) is 14.2 Å². The van der Waals surface area contributed by atoms with E-state index in [4.69, 9.17) is 14.2 Å². The van der Waals surface area contributed by atoms with E-state index in [0.717, 1.165) is 12.8 Å². The summed E-state index contributed by atoms with van der Waals surface area (Å²) < 4.78 is 17.5. The molecule has 42 heavy (non-hydrogen) atoms. The van der Waals surface area contributed by atoms with Crippen LogP contribution in [0, 0.1) is 17.3 Å². The summed E-state index contributed by atoms with van der Waals surface area (Å²) in [5.74, 6) is -1.62. The summed E-state index contributed by atoms with van der Waals surface area (Å²) in [6.07, 6.45) is 2.88. The lowest BCUT2D eigenvalue weighted by atomic mass is 9.80. The summed E-state index contributed by atoms with van der Waals surface area (Å²) in [6, 6.07) is -2.47. The van der Waals surface area contributed by atoms with Gasteiger partial charge in [0.05, 0.1) is 11.5 Å². The molecule has 0 aliphatic carbocycles. The number of nitrogens with one attached hydrogen (secondary N) is 2. The molecule has 2 aliphatic heterocycles. The topological polar surface area (TPSA) is 136 Å². The minimum atomic E-state index is -1.26. The highest BCUT2D eigenvalue weighted by atomic mass is 16.5. The van der Waals surface area contributed by atoms with Crippen LogP contribution in [0.3, 0.4) is 0 Å². The average molecular weight is 595 g/mol. The lowest BCUT2D eigenvalue weighted by Gasteiger charge is -2.36. The number of esters is 1. The number of aliphatic imine (C=N–C) groups is 1. The first kappa shape index (κ1) is 35.5. The van der Waals surface area contributed by atoms with Gasteiger partial charge in [-0.1, -0.05) is 40.5 Å². The average Bonchev–Trinajstić information content (AvgIpc) is 3.35. The van der Waals surface area contributed by atoms with Crippen LogP contribution in [0.1, 0.15) is 94.4 Å². The SMILES string of the molecule is CCC[C@@H](OC)[C@@H](C)CC[C@@H]1OC(=O)[C@H](C)NC(=O)[C@H]([C@@H](C)CC)N(C)C(=O)[C@]2(C)COC(=N2)[C@H](C)NC(=O)C1(C)C. The molecule has 2 N–H and O–H groups in total. The fourth-order valence-electron chi connectivity index (χ4n) is 5.68. The monoisotopic (exact) mass is 594 g/mol. The van der Waals surface area contributed by atoms with Crippen molar-refractivity contribution in [2.75, 3.05) is 20.8 Å². The maximum Gasteiger partial charge on any atom is 0.328 e. The third kappa shape index (κ3) is 8.02. The van der Waals surface area contributed by atoms with E-state index in [1.807, 2.05) is 13.8 Å². The summed E-state index contributed by atoms with van der Waals surface area (Å²) in [6.45, 7) is 16.5. The molecule has 11 nitrogen and oxygen atoms in total. The lowest BCUT2D eigenvalue weighted by molar-refractivity contribution is -0.163. The number of nitrogens with zero attached hydrogens (tertiary/aromatic N) is 2. The largest absolute Gasteiger partial charge is 0.476 e. The lowest BCUT2D eigenvalue weighted by Crippen LogP contribution is -2.58. The number of hydrogen-bond acceptors (Lipinski definition) is 8. The van der Waals surface area contributed by atoms with Crippen LogP contribution in [0.4, 0.5) is 0 Å². The Morgan fingerprint density at radius 3 is 2.26 bits per heavy atom. The van der Waals surface area contributed by atoms with Gasteiger partial charge < -0.3 is 29.7 Å². The summed E-state index contributed by atoms with van der Waals surface area (Å²) in [5.41, 5.74) is -2.39. The van der Waals surface area contributed by atoms with Crippen LogP contribution in [0.5, 0.6) is 0 Å². The summed E-state index contributed by atoms with van der Waals surface area (Å²) in [4.78, 5) is 60.3. The molecule has 240 valence electrons. The standard InChI is InChI=1S/C31H54N4O7/c1-12-14-22(40-11)19(4)15-16-23-30(7,8)28(38)33-20(5)26-34-31(9,17-41-26)29(39)35(10)24(18(3)13-2)25(36)32-21(6)27(37)42-23/h18-24H,12-17H2,1-11H3,(H,32,36)(H,33,38)/t18-,19-,20-,21-,22+,23-,24-,31-/m0/s1. The van der Waals surface area contributed by atoms with Gasteiger partial charge in [0.1, 0.15) is 30.8 Å². The Labute approximate surface area is 251 Å². The second kappa shape index (κ2) is 14.7. The third-order valence-electron chi connectivity index (χ3n) is 8.98. The Bertz CT molecular complexity index is 1020. The fraction of sp³-hybridized carbons (Fsp3) is 0.839. The number of hydrogen-bond donors (Lipinski definition) is 2. The first-order valence-corrected chi connectivity index (χ1v) is 15.4. The van der Waals surface area contributed by atoms with Crippen molar-refractivity contribution in [1.29, 1.82) is 0 Å². The van der Waals surface area contributed by atoms with Crippen LogP contribution in [-0.4, -0.2) is 91.1 Å². The smallest absolute Gasteiger partial charge is 0.328 e. The van der Waals surface area contributed by atoms with Crippen molar-refractivity contribution in [2.45, 2.75) is 130 Å². The number of carbonyl (C=O) groups is 4. The van der Waals surface area contributed by atoms with Crippen molar-refractivity contribution in [3.05, 3.63) is 0 Å². The summed E-state index contributed by atoms with van der Waals surface area (Å²) in [7, 11) is 3.27. The van der Waals surface area contributed by atoms with Gasteiger partial charge >= 0.3 is 5.97 Å². The van der Waals surface area contributed by atoms with Gasteiger partial charge in [0.25, 0.3) is 5.91 Å². The molecule has 2 bridgehead atoms. The molecule has 0 aromatic carbocycles. The van der Waals surface area contributed by atoms with Crippen molar-refractivity contribution >= 4 is 29.6 Å². The number of methoxy groups -OCH3 is 1. The zero-order chi connectivity index (χ0) is 32.0. The predicted molar refractivity (Wildman–Crippen MR) is 161 cm³/mol. The van der Waals surface area contributed by atoms with Crippen molar-refractivity contribution in [1.82, 2.24) is 15.5 Å². The van der Waals surface area contributed by atoms with Crippen molar-refractivity contribution in [3.8, 4) is 0 Å². The van der Waals surface area contributed by atoms with Crippen molar-refractivity contribution in [2.24, 2.45) is 22.2 Å². The molecule has 2 aliphatic rings. The number of ether oxygens (including phenoxy) is 3. The Hall–Kier alpha value is -2.69. The maximum atomic E-state index is 13.7. The molecule has 3 amide bonds. The van der Waals surface area contributed by atoms with E-state index >= 15 is 0 Å². The van der Waals surface area contributed by atoms with Gasteiger partial charge in [0.15, 0.2) is 5.54 Å². The van der Waals surface area contributed by atoms with Crippen LogP contribution in [-0.2, 0) is 33.4 Å². The number of fused-ring (bicyclic) bond motifs is 1. The zero-order valence-electron chi connectivity index (χ0n) is 27.5. The first-order valence-electron chi connectivity index (χ1n) is 15.4. The Morgan fingerprint density at radius 1 is 1.05 bits per heavy atom. The van der Waals surface area contributed by atoms with Crippen LogP contribution in [0.25, 0.3) is 0 Å². The number of likely N-dealkylation sites (N-methyl/N-ethyl adjacent to an activating group) is 1. The quantitative estimate of drug-likeness (QED) is 0.391. The van der Waals surface area contributed by atoms with E-state index in [1.165, 1.54) is 4.90 Å². The molecular weight excluding hydrogens is 540 g/mol. The van der Waals surface area contributed by atoms with Gasteiger partial charge in [-0.15, -0.1) is 0 Å². The van der Waals surface area contributed by atoms with Gasteiger partial charge in [-0.3, -0.25) is 14.4 Å². The molecule has 2 heterocycles. The highest BCUT2D eigenvalue weighted by Gasteiger charge is 2.47. The second-order valence-electron chi connectivity index (χ2n) is 12.9. The van der Waals surface area contributed by atoms with Crippen LogP contribution >= 0.6 is 0 Å². The third-order valence-corrected chi connectivity index (χ3v) is 8.98. The van der Waals surface area contributed by atoms with E-state index in [-0.39, 0.29) is 42.3 Å². The van der Waals surface area contributed by atoms with E-state index in [0.29, 0.717) is 19.3 Å². The Morgan fingerprint density at radius 2 is 1.69 bits per heavy atom. The van der Waals surface area contributed by atoms with Gasteiger partial charge in [-0.05, 0) is 65.7 Å². The van der Waals surface area contributed by atoms with Crippen LogP contribution in [0.15, 0.2) is 4.99 Å². The van der Waals surface area contributed by atoms with Crippen molar-refractivity contribution < 1.29 is 33.4 Å². The molecule has 0 fully saturated rings. The molecule has 11 heteroatoms. The molecule has 0 saturated carbocycles. The maximum absolute atomic E-state index is 13.7.